The average molecular weight is 575 g/mol. The molecule has 0 bridgehead atoms. The zero-order chi connectivity index (χ0) is 27.5. The standard InChI is InChI=1S/C30H30N4O4S2/c1-37-22-13-11-21(12-14-22)34-30-27(28(32-34)20-7-3-2-4-8-20)29(24-10-6-16-39-24)40-19-26(36)33(30)18-25(35)31-17-23-9-5-15-38-23/h2-4,6-8,10-14,16,23,29H,5,9,15,17-19H2,1H3,(H,31,35)/t23-,29-/m1/s1. The summed E-state index contributed by atoms with van der Waals surface area (Å²) in [6, 6.07) is 21.7. The highest BCUT2D eigenvalue weighted by molar-refractivity contribution is 8.00. The first-order valence-electron chi connectivity index (χ1n) is 13.3. The SMILES string of the molecule is COc1ccc(-n2nc(-c3ccccc3)c3c2N(CC(=O)NC[C@H]2CCCO2)C(=O)CS[C@@H]3c2cccs2)cc1. The Hall–Kier alpha value is -3.60. The Morgan fingerprint density at radius 3 is 2.65 bits per heavy atom. The van der Waals surface area contributed by atoms with Gasteiger partial charge in [0.15, 0.2) is 0 Å². The van der Waals surface area contributed by atoms with Crippen molar-refractivity contribution in [1.82, 2.24) is 15.1 Å². The summed E-state index contributed by atoms with van der Waals surface area (Å²) >= 11 is 3.23. The van der Waals surface area contributed by atoms with Gasteiger partial charge in [-0.2, -0.15) is 5.10 Å². The number of methoxy groups -OCH3 is 1. The maximum Gasteiger partial charge on any atom is 0.240 e. The number of thiophene rings is 1. The summed E-state index contributed by atoms with van der Waals surface area (Å²) in [4.78, 5) is 29.7. The second kappa shape index (κ2) is 11.9. The monoisotopic (exact) mass is 574 g/mol. The molecule has 0 saturated carbocycles. The van der Waals surface area contributed by atoms with Crippen molar-refractivity contribution < 1.29 is 19.1 Å². The van der Waals surface area contributed by atoms with E-state index >= 15 is 0 Å². The number of carbonyl (C=O) groups is 2. The largest absolute Gasteiger partial charge is 0.497 e. The van der Waals surface area contributed by atoms with E-state index in [0.29, 0.717) is 12.4 Å². The van der Waals surface area contributed by atoms with Gasteiger partial charge in [0.2, 0.25) is 11.8 Å². The molecule has 0 unspecified atom stereocenters. The molecule has 10 heteroatoms. The smallest absolute Gasteiger partial charge is 0.240 e. The van der Waals surface area contributed by atoms with Crippen molar-refractivity contribution >= 4 is 40.7 Å². The number of amides is 2. The lowest BCUT2D eigenvalue weighted by atomic mass is 10.0. The minimum atomic E-state index is -0.224. The van der Waals surface area contributed by atoms with Gasteiger partial charge in [-0.3, -0.25) is 14.5 Å². The van der Waals surface area contributed by atoms with Gasteiger partial charge in [-0.15, -0.1) is 23.1 Å². The molecular weight excluding hydrogens is 544 g/mol. The predicted molar refractivity (Wildman–Crippen MR) is 159 cm³/mol. The summed E-state index contributed by atoms with van der Waals surface area (Å²) in [7, 11) is 1.63. The van der Waals surface area contributed by atoms with Crippen LogP contribution in [0.1, 0.15) is 28.5 Å². The summed E-state index contributed by atoms with van der Waals surface area (Å²) in [5.41, 5.74) is 3.43. The van der Waals surface area contributed by atoms with Gasteiger partial charge in [0, 0.05) is 29.2 Å². The van der Waals surface area contributed by atoms with Crippen LogP contribution in [0.5, 0.6) is 5.75 Å². The average Bonchev–Trinajstić information content (AvgIpc) is 3.77. The summed E-state index contributed by atoms with van der Waals surface area (Å²) in [5, 5.41) is 10.0. The Balaban J connectivity index is 1.49. The molecule has 0 spiro atoms. The first kappa shape index (κ1) is 26.6. The van der Waals surface area contributed by atoms with Crippen molar-refractivity contribution in [3.8, 4) is 22.7 Å². The van der Waals surface area contributed by atoms with E-state index in [1.54, 1.807) is 39.8 Å². The molecule has 0 aliphatic carbocycles. The lowest BCUT2D eigenvalue weighted by Gasteiger charge is -2.23. The Morgan fingerprint density at radius 1 is 1.12 bits per heavy atom. The van der Waals surface area contributed by atoms with E-state index < -0.39 is 0 Å². The summed E-state index contributed by atoms with van der Waals surface area (Å²) < 4.78 is 12.9. The number of rotatable bonds is 8. The number of nitrogens with one attached hydrogen (secondary N) is 1. The molecule has 4 aromatic rings. The lowest BCUT2D eigenvalue weighted by Crippen LogP contribution is -2.44. The third-order valence-corrected chi connectivity index (χ3v) is 9.43. The van der Waals surface area contributed by atoms with Crippen LogP contribution in [0.2, 0.25) is 0 Å². The van der Waals surface area contributed by atoms with Gasteiger partial charge in [0.25, 0.3) is 0 Å². The molecule has 1 saturated heterocycles. The van der Waals surface area contributed by atoms with E-state index in [4.69, 9.17) is 14.6 Å². The molecule has 206 valence electrons. The van der Waals surface area contributed by atoms with Crippen LogP contribution in [0.4, 0.5) is 5.82 Å². The molecule has 1 fully saturated rings. The minimum Gasteiger partial charge on any atom is -0.497 e. The molecule has 0 radical (unpaired) electrons. The van der Waals surface area contributed by atoms with Crippen molar-refractivity contribution in [2.24, 2.45) is 0 Å². The lowest BCUT2D eigenvalue weighted by molar-refractivity contribution is -0.123. The zero-order valence-corrected chi connectivity index (χ0v) is 23.7. The van der Waals surface area contributed by atoms with Gasteiger partial charge in [0.05, 0.1) is 35.6 Å². The van der Waals surface area contributed by atoms with Crippen LogP contribution < -0.4 is 15.0 Å². The highest BCUT2D eigenvalue weighted by atomic mass is 32.2. The third-order valence-electron chi connectivity index (χ3n) is 7.11. The first-order chi connectivity index (χ1) is 19.6. The van der Waals surface area contributed by atoms with Gasteiger partial charge in [-0.25, -0.2) is 4.68 Å². The number of carbonyl (C=O) groups excluding carboxylic acids is 2. The van der Waals surface area contributed by atoms with Gasteiger partial charge in [0.1, 0.15) is 18.1 Å². The molecule has 2 atom stereocenters. The first-order valence-corrected chi connectivity index (χ1v) is 15.2. The number of ether oxygens (including phenoxy) is 2. The molecule has 8 nitrogen and oxygen atoms in total. The Morgan fingerprint density at radius 2 is 1.95 bits per heavy atom. The van der Waals surface area contributed by atoms with Gasteiger partial charge in [-0.1, -0.05) is 36.4 Å². The van der Waals surface area contributed by atoms with E-state index in [0.717, 1.165) is 52.6 Å². The Bertz CT molecular complexity index is 1470. The van der Waals surface area contributed by atoms with E-state index in [2.05, 4.69) is 16.8 Å². The van der Waals surface area contributed by atoms with Crippen LogP contribution in [0.25, 0.3) is 16.9 Å². The van der Waals surface area contributed by atoms with E-state index in [1.807, 2.05) is 60.7 Å². The van der Waals surface area contributed by atoms with Crippen molar-refractivity contribution in [1.29, 1.82) is 0 Å². The number of hydrogen-bond acceptors (Lipinski definition) is 7. The molecule has 2 aliphatic rings. The second-order valence-electron chi connectivity index (χ2n) is 9.69. The van der Waals surface area contributed by atoms with Gasteiger partial charge >= 0.3 is 0 Å². The van der Waals surface area contributed by atoms with Crippen LogP contribution in [-0.4, -0.2) is 60.3 Å². The number of thioether (sulfide) groups is 1. The molecule has 40 heavy (non-hydrogen) atoms. The van der Waals surface area contributed by atoms with Gasteiger partial charge < -0.3 is 14.8 Å². The zero-order valence-electron chi connectivity index (χ0n) is 22.1. The number of fused-ring (bicyclic) bond motifs is 1. The maximum atomic E-state index is 13.8. The van der Waals surface area contributed by atoms with Crippen LogP contribution >= 0.6 is 23.1 Å². The normalized spacial score (nSPS) is 18.8. The fourth-order valence-corrected chi connectivity index (χ4v) is 7.30. The Kier molecular flexibility index (Phi) is 7.90. The molecular formula is C30H30N4O4S2. The van der Waals surface area contributed by atoms with E-state index in [9.17, 15) is 9.59 Å². The number of hydrogen-bond donors (Lipinski definition) is 1. The second-order valence-corrected chi connectivity index (χ2v) is 11.8. The highest BCUT2D eigenvalue weighted by Gasteiger charge is 2.38. The molecule has 2 aromatic carbocycles. The third kappa shape index (κ3) is 5.39. The van der Waals surface area contributed by atoms with E-state index in [1.165, 1.54) is 0 Å². The van der Waals surface area contributed by atoms with E-state index in [-0.39, 0.29) is 35.5 Å². The maximum absolute atomic E-state index is 13.8. The fraction of sp³-hybridized carbons (Fsp3) is 0.300. The number of nitrogens with zero attached hydrogens (tertiary/aromatic N) is 3. The van der Waals surface area contributed by atoms with Crippen LogP contribution in [0, 0.1) is 0 Å². The van der Waals surface area contributed by atoms with Crippen LogP contribution in [-0.2, 0) is 14.3 Å². The van der Waals surface area contributed by atoms with Crippen molar-refractivity contribution in [2.75, 3.05) is 37.5 Å². The molecule has 6 rings (SSSR count). The van der Waals surface area contributed by atoms with Crippen LogP contribution in [0.15, 0.2) is 72.1 Å². The van der Waals surface area contributed by atoms with Crippen LogP contribution in [0.3, 0.4) is 0 Å². The minimum absolute atomic E-state index is 0.0209. The molecule has 2 aliphatic heterocycles. The molecule has 2 aromatic heterocycles. The van der Waals surface area contributed by atoms with Crippen molar-refractivity contribution in [2.45, 2.75) is 24.2 Å². The summed E-state index contributed by atoms with van der Waals surface area (Å²) in [5.74, 6) is 1.22. The summed E-state index contributed by atoms with van der Waals surface area (Å²) in [6.45, 7) is 1.05. The Labute approximate surface area is 241 Å². The van der Waals surface area contributed by atoms with Crippen molar-refractivity contribution in [3.63, 3.8) is 0 Å². The highest BCUT2D eigenvalue weighted by Crippen LogP contribution is 2.49. The van der Waals surface area contributed by atoms with Crippen molar-refractivity contribution in [3.05, 3.63) is 82.6 Å². The quantitative estimate of drug-likeness (QED) is 0.316. The fourth-order valence-electron chi connectivity index (χ4n) is 5.13. The molecule has 4 heterocycles. The number of aromatic nitrogens is 2. The number of anilines is 1. The van der Waals surface area contributed by atoms with Gasteiger partial charge in [-0.05, 0) is 48.6 Å². The molecule has 1 N–H and O–H groups in total. The summed E-state index contributed by atoms with van der Waals surface area (Å²) in [6.07, 6.45) is 1.95. The topological polar surface area (TPSA) is 85.7 Å². The number of benzene rings is 2. The predicted octanol–water partition coefficient (Wildman–Crippen LogP) is 5.07. The molecule has 2 amide bonds.